The Morgan fingerprint density at radius 2 is 1.58 bits per heavy atom. The number of rotatable bonds is 3. The van der Waals surface area contributed by atoms with E-state index in [1.807, 2.05) is 23.1 Å². The number of carbonyl (C=O) groups is 1. The van der Waals surface area contributed by atoms with Crippen LogP contribution >= 0.6 is 0 Å². The quantitative estimate of drug-likeness (QED) is 0.840. The third-order valence-electron chi connectivity index (χ3n) is 5.04. The Hall–Kier alpha value is -2.70. The minimum absolute atomic E-state index is 0.0568. The number of hydrogen-bond acceptors (Lipinski definition) is 6. The van der Waals surface area contributed by atoms with Crippen molar-refractivity contribution in [3.8, 4) is 0 Å². The first-order chi connectivity index (χ1) is 12.8. The molecule has 136 valence electrons. The van der Waals surface area contributed by atoms with E-state index in [9.17, 15) is 4.79 Å². The summed E-state index contributed by atoms with van der Waals surface area (Å²) in [7, 11) is 0. The molecule has 0 aromatic carbocycles. The zero-order valence-electron chi connectivity index (χ0n) is 14.9. The van der Waals surface area contributed by atoms with E-state index in [2.05, 4.69) is 24.8 Å². The second-order valence-electron chi connectivity index (χ2n) is 6.78. The van der Waals surface area contributed by atoms with Crippen molar-refractivity contribution in [1.29, 1.82) is 0 Å². The molecule has 0 aliphatic carbocycles. The van der Waals surface area contributed by atoms with Crippen molar-refractivity contribution in [2.24, 2.45) is 0 Å². The van der Waals surface area contributed by atoms with Gasteiger partial charge in [-0.15, -0.1) is 0 Å². The summed E-state index contributed by atoms with van der Waals surface area (Å²) >= 11 is 0. The molecule has 7 nitrogen and oxygen atoms in total. The summed E-state index contributed by atoms with van der Waals surface area (Å²) in [6.07, 6.45) is 8.57. The van der Waals surface area contributed by atoms with E-state index in [0.717, 1.165) is 50.9 Å². The largest absolute Gasteiger partial charge is 0.357 e. The van der Waals surface area contributed by atoms with Crippen LogP contribution in [0.4, 0.5) is 11.8 Å². The highest BCUT2D eigenvalue weighted by atomic mass is 16.2. The minimum atomic E-state index is 0.0568. The Balaban J connectivity index is 1.40. The van der Waals surface area contributed by atoms with Crippen LogP contribution < -0.4 is 9.80 Å². The van der Waals surface area contributed by atoms with Crippen LogP contribution in [0.1, 0.15) is 29.6 Å². The molecule has 2 fully saturated rings. The van der Waals surface area contributed by atoms with Gasteiger partial charge in [-0.3, -0.25) is 4.79 Å². The van der Waals surface area contributed by atoms with E-state index in [0.29, 0.717) is 12.1 Å². The molecule has 26 heavy (non-hydrogen) atoms. The molecule has 2 aliphatic rings. The lowest BCUT2D eigenvalue weighted by Gasteiger charge is -2.22. The zero-order chi connectivity index (χ0) is 17.8. The van der Waals surface area contributed by atoms with Crippen molar-refractivity contribution in [2.45, 2.75) is 19.3 Å². The molecule has 7 heteroatoms. The van der Waals surface area contributed by atoms with Gasteiger partial charge in [0.1, 0.15) is 5.82 Å². The van der Waals surface area contributed by atoms with Crippen LogP contribution in [0, 0.1) is 0 Å². The molecule has 0 bridgehead atoms. The van der Waals surface area contributed by atoms with Crippen molar-refractivity contribution < 1.29 is 4.79 Å². The molecule has 0 unspecified atom stereocenters. The Bertz CT molecular complexity index is 729. The Morgan fingerprint density at radius 3 is 2.31 bits per heavy atom. The molecule has 4 rings (SSSR count). The third-order valence-corrected chi connectivity index (χ3v) is 5.04. The predicted octanol–water partition coefficient (Wildman–Crippen LogP) is 1.82. The maximum atomic E-state index is 12.9. The Labute approximate surface area is 153 Å². The van der Waals surface area contributed by atoms with Crippen molar-refractivity contribution in [2.75, 3.05) is 49.1 Å². The second-order valence-corrected chi connectivity index (χ2v) is 6.78. The van der Waals surface area contributed by atoms with Crippen molar-refractivity contribution in [3.63, 3.8) is 0 Å². The molecule has 2 aromatic heterocycles. The van der Waals surface area contributed by atoms with Crippen LogP contribution in [0.5, 0.6) is 0 Å². The van der Waals surface area contributed by atoms with Gasteiger partial charge in [-0.2, -0.15) is 0 Å². The molecule has 0 saturated carbocycles. The highest BCUT2D eigenvalue weighted by Gasteiger charge is 2.22. The molecule has 2 saturated heterocycles. The van der Waals surface area contributed by atoms with Crippen LogP contribution in [0.15, 0.2) is 36.8 Å². The SMILES string of the molecule is O=C(c1ccc(N2CCCC2)nc1)N1CCCN(c2ncccn2)CC1. The average molecular weight is 352 g/mol. The average Bonchev–Trinajstić information content (AvgIpc) is 3.13. The molecule has 0 atom stereocenters. The van der Waals surface area contributed by atoms with Crippen LogP contribution in [0.3, 0.4) is 0 Å². The summed E-state index contributed by atoms with van der Waals surface area (Å²) in [5, 5.41) is 0. The summed E-state index contributed by atoms with van der Waals surface area (Å²) in [5.74, 6) is 1.77. The lowest BCUT2D eigenvalue weighted by Crippen LogP contribution is -2.35. The number of hydrogen-bond donors (Lipinski definition) is 0. The number of nitrogens with zero attached hydrogens (tertiary/aromatic N) is 6. The third kappa shape index (κ3) is 3.61. The van der Waals surface area contributed by atoms with Gasteiger partial charge in [0.2, 0.25) is 5.95 Å². The lowest BCUT2D eigenvalue weighted by molar-refractivity contribution is 0.0766. The predicted molar refractivity (Wildman–Crippen MR) is 100 cm³/mol. The van der Waals surface area contributed by atoms with E-state index in [1.54, 1.807) is 18.6 Å². The number of amides is 1. The molecule has 0 radical (unpaired) electrons. The number of pyridine rings is 1. The molecule has 0 spiro atoms. The van der Waals surface area contributed by atoms with Crippen LogP contribution in [-0.2, 0) is 0 Å². The van der Waals surface area contributed by atoms with Gasteiger partial charge in [0, 0.05) is 57.9 Å². The van der Waals surface area contributed by atoms with Gasteiger partial charge in [0.05, 0.1) is 5.56 Å². The number of anilines is 2. The van der Waals surface area contributed by atoms with E-state index in [-0.39, 0.29) is 5.91 Å². The molecular weight excluding hydrogens is 328 g/mol. The summed E-state index contributed by atoms with van der Waals surface area (Å²) in [4.78, 5) is 32.3. The van der Waals surface area contributed by atoms with Gasteiger partial charge in [0.25, 0.3) is 5.91 Å². The smallest absolute Gasteiger partial charge is 0.255 e. The molecule has 2 aliphatic heterocycles. The standard InChI is InChI=1S/C19H24N6O/c26-18(16-5-6-17(22-15-16)23-9-1-2-10-23)24-11-4-12-25(14-13-24)19-20-7-3-8-21-19/h3,5-8,15H,1-2,4,9-14H2. The highest BCUT2D eigenvalue weighted by molar-refractivity contribution is 5.94. The van der Waals surface area contributed by atoms with Crippen LogP contribution in [0.25, 0.3) is 0 Å². The van der Waals surface area contributed by atoms with Crippen molar-refractivity contribution >= 4 is 17.7 Å². The lowest BCUT2D eigenvalue weighted by atomic mass is 10.2. The van der Waals surface area contributed by atoms with Gasteiger partial charge >= 0.3 is 0 Å². The second kappa shape index (κ2) is 7.68. The molecule has 4 heterocycles. The fourth-order valence-electron chi connectivity index (χ4n) is 3.60. The zero-order valence-corrected chi connectivity index (χ0v) is 14.9. The van der Waals surface area contributed by atoms with Crippen molar-refractivity contribution in [3.05, 3.63) is 42.4 Å². The first-order valence-corrected chi connectivity index (χ1v) is 9.33. The minimum Gasteiger partial charge on any atom is -0.357 e. The van der Waals surface area contributed by atoms with E-state index in [4.69, 9.17) is 0 Å². The van der Waals surface area contributed by atoms with E-state index in [1.165, 1.54) is 12.8 Å². The van der Waals surface area contributed by atoms with Gasteiger partial charge in [0.15, 0.2) is 0 Å². The molecular formula is C19H24N6O. The van der Waals surface area contributed by atoms with Crippen molar-refractivity contribution in [1.82, 2.24) is 19.9 Å². The maximum absolute atomic E-state index is 12.9. The summed E-state index contributed by atoms with van der Waals surface area (Å²) in [6.45, 7) is 5.14. The summed E-state index contributed by atoms with van der Waals surface area (Å²) in [5.41, 5.74) is 0.664. The monoisotopic (exact) mass is 352 g/mol. The summed E-state index contributed by atoms with van der Waals surface area (Å²) in [6, 6.07) is 5.70. The highest BCUT2D eigenvalue weighted by Crippen LogP contribution is 2.19. The van der Waals surface area contributed by atoms with Gasteiger partial charge in [-0.25, -0.2) is 15.0 Å². The fraction of sp³-hybridized carbons (Fsp3) is 0.474. The fourth-order valence-corrected chi connectivity index (χ4v) is 3.60. The Kier molecular flexibility index (Phi) is 4.95. The van der Waals surface area contributed by atoms with Gasteiger partial charge in [-0.05, 0) is 37.5 Å². The van der Waals surface area contributed by atoms with E-state index < -0.39 is 0 Å². The number of aromatic nitrogens is 3. The maximum Gasteiger partial charge on any atom is 0.255 e. The number of carbonyl (C=O) groups excluding carboxylic acids is 1. The van der Waals surface area contributed by atoms with Crippen LogP contribution in [-0.4, -0.2) is 65.0 Å². The first-order valence-electron chi connectivity index (χ1n) is 9.33. The Morgan fingerprint density at radius 1 is 0.808 bits per heavy atom. The van der Waals surface area contributed by atoms with Crippen LogP contribution in [0.2, 0.25) is 0 Å². The summed E-state index contributed by atoms with van der Waals surface area (Å²) < 4.78 is 0. The van der Waals surface area contributed by atoms with Gasteiger partial charge < -0.3 is 14.7 Å². The molecule has 2 aromatic rings. The normalized spacial score (nSPS) is 18.1. The van der Waals surface area contributed by atoms with E-state index >= 15 is 0 Å². The first kappa shape index (κ1) is 16.8. The van der Waals surface area contributed by atoms with Gasteiger partial charge in [-0.1, -0.05) is 0 Å². The topological polar surface area (TPSA) is 65.5 Å². The molecule has 1 amide bonds. The molecule has 0 N–H and O–H groups in total.